The Balaban J connectivity index is 2.37. The van der Waals surface area contributed by atoms with E-state index in [9.17, 15) is 17.2 Å². The molecule has 0 aliphatic carbocycles. The number of hydrogen-bond donors (Lipinski definition) is 1. The highest BCUT2D eigenvalue weighted by Crippen LogP contribution is 2.30. The third-order valence-corrected chi connectivity index (χ3v) is 4.71. The van der Waals surface area contributed by atoms with Gasteiger partial charge in [-0.1, -0.05) is 12.1 Å². The molecule has 106 valence electrons. The number of piperidine rings is 1. The number of nitrogens with two attached hydrogens (primary N) is 1. The summed E-state index contributed by atoms with van der Waals surface area (Å²) in [5, 5.41) is 0. The topological polar surface area (TPSA) is 63.4 Å². The van der Waals surface area contributed by atoms with Gasteiger partial charge >= 0.3 is 5.76 Å². The quantitative estimate of drug-likeness (QED) is 0.918. The second-order valence-electron chi connectivity index (χ2n) is 4.60. The molecule has 0 spiro atoms. The molecule has 1 aromatic rings. The number of benzene rings is 1. The van der Waals surface area contributed by atoms with E-state index in [4.69, 9.17) is 5.73 Å². The second kappa shape index (κ2) is 5.42. The lowest BCUT2D eigenvalue weighted by atomic mass is 10.1. The minimum atomic E-state index is -4.58. The van der Waals surface area contributed by atoms with E-state index in [0.29, 0.717) is 18.8 Å². The van der Waals surface area contributed by atoms with Crippen molar-refractivity contribution in [2.45, 2.75) is 29.5 Å². The van der Waals surface area contributed by atoms with Crippen molar-refractivity contribution >= 4 is 15.5 Å². The molecular weight excluding hydrogens is 274 g/mol. The van der Waals surface area contributed by atoms with Gasteiger partial charge in [-0.05, 0) is 25.0 Å². The van der Waals surface area contributed by atoms with Crippen LogP contribution in [0, 0.1) is 0 Å². The Hall–Kier alpha value is -1.21. The fraction of sp³-hybridized carbons (Fsp3) is 0.500. The predicted molar refractivity (Wildman–Crippen MR) is 69.1 cm³/mol. The number of nitrogens with zero attached hydrogens (tertiary/aromatic N) is 1. The molecule has 2 N–H and O–H groups in total. The Morgan fingerprint density at radius 1 is 1.21 bits per heavy atom. The number of rotatable bonds is 3. The first kappa shape index (κ1) is 14.2. The van der Waals surface area contributed by atoms with Crippen LogP contribution in [0.2, 0.25) is 0 Å². The van der Waals surface area contributed by atoms with Crippen LogP contribution in [0.3, 0.4) is 0 Å². The Bertz CT molecular complexity index is 540. The summed E-state index contributed by atoms with van der Waals surface area (Å²) in [5.41, 5.74) is 6.12. The lowest BCUT2D eigenvalue weighted by molar-refractivity contribution is 0.234. The zero-order chi connectivity index (χ0) is 14.0. The normalized spacial score (nSPS) is 18.0. The Kier molecular flexibility index (Phi) is 4.05. The van der Waals surface area contributed by atoms with Gasteiger partial charge in [0.1, 0.15) is 0 Å². The number of alkyl halides is 2. The van der Waals surface area contributed by atoms with Crippen LogP contribution < -0.4 is 10.6 Å². The fourth-order valence-corrected chi connectivity index (χ4v) is 3.14. The van der Waals surface area contributed by atoms with Crippen LogP contribution >= 0.6 is 0 Å². The maximum absolute atomic E-state index is 12.7. The number of sulfone groups is 1. The summed E-state index contributed by atoms with van der Waals surface area (Å²) in [7, 11) is -4.58. The molecule has 0 unspecified atom stereocenters. The molecule has 0 radical (unpaired) electrons. The van der Waals surface area contributed by atoms with Crippen LogP contribution in [0.4, 0.5) is 14.5 Å². The third kappa shape index (κ3) is 2.87. The molecule has 0 bridgehead atoms. The van der Waals surface area contributed by atoms with E-state index in [2.05, 4.69) is 0 Å². The molecule has 1 fully saturated rings. The lowest BCUT2D eigenvalue weighted by Gasteiger charge is -2.33. The van der Waals surface area contributed by atoms with E-state index in [1.54, 1.807) is 17.0 Å². The lowest BCUT2D eigenvalue weighted by Crippen LogP contribution is -2.40. The molecule has 0 amide bonds. The van der Waals surface area contributed by atoms with Crippen LogP contribution in [0.15, 0.2) is 29.2 Å². The van der Waals surface area contributed by atoms with Crippen LogP contribution in [0.1, 0.15) is 12.8 Å². The number of para-hydroxylation sites is 1. The molecule has 0 aromatic heterocycles. The first-order valence-corrected chi connectivity index (χ1v) is 7.59. The molecule has 4 nitrogen and oxygen atoms in total. The van der Waals surface area contributed by atoms with Gasteiger partial charge in [0.15, 0.2) is 0 Å². The monoisotopic (exact) mass is 290 g/mol. The van der Waals surface area contributed by atoms with E-state index in [0.717, 1.165) is 12.8 Å². The SMILES string of the molecule is NC1CCN(c2ccccc2S(=O)(=O)C(F)F)CC1. The van der Waals surface area contributed by atoms with E-state index >= 15 is 0 Å². The van der Waals surface area contributed by atoms with Crippen molar-refractivity contribution in [3.05, 3.63) is 24.3 Å². The fourth-order valence-electron chi connectivity index (χ4n) is 2.20. The summed E-state index contributed by atoms with van der Waals surface area (Å²) in [6.07, 6.45) is 1.45. The van der Waals surface area contributed by atoms with Crippen molar-refractivity contribution in [2.24, 2.45) is 5.73 Å². The molecule has 1 saturated heterocycles. The molecule has 0 saturated carbocycles. The van der Waals surface area contributed by atoms with Gasteiger partial charge in [-0.2, -0.15) is 8.78 Å². The van der Waals surface area contributed by atoms with Crippen molar-refractivity contribution in [1.82, 2.24) is 0 Å². The van der Waals surface area contributed by atoms with Gasteiger partial charge in [0, 0.05) is 19.1 Å². The van der Waals surface area contributed by atoms with E-state index in [1.807, 2.05) is 0 Å². The maximum Gasteiger partial charge on any atom is 0.341 e. The van der Waals surface area contributed by atoms with Crippen molar-refractivity contribution < 1.29 is 17.2 Å². The Labute approximate surface area is 111 Å². The first-order chi connectivity index (χ1) is 8.93. The average molecular weight is 290 g/mol. The van der Waals surface area contributed by atoms with Gasteiger partial charge in [-0.3, -0.25) is 0 Å². The van der Waals surface area contributed by atoms with Crippen molar-refractivity contribution in [2.75, 3.05) is 18.0 Å². The molecule has 0 atom stereocenters. The summed E-state index contributed by atoms with van der Waals surface area (Å²) in [5.74, 6) is -3.40. The summed E-state index contributed by atoms with van der Waals surface area (Å²) < 4.78 is 48.7. The number of halogens is 2. The van der Waals surface area contributed by atoms with Crippen LogP contribution in [-0.2, 0) is 9.84 Å². The minimum Gasteiger partial charge on any atom is -0.370 e. The van der Waals surface area contributed by atoms with Crippen molar-refractivity contribution in [3.8, 4) is 0 Å². The molecule has 1 aliphatic heterocycles. The highest BCUT2D eigenvalue weighted by Gasteiger charge is 2.31. The first-order valence-electron chi connectivity index (χ1n) is 6.04. The highest BCUT2D eigenvalue weighted by atomic mass is 32.2. The Morgan fingerprint density at radius 2 is 1.79 bits per heavy atom. The zero-order valence-corrected chi connectivity index (χ0v) is 11.1. The van der Waals surface area contributed by atoms with Gasteiger partial charge in [-0.15, -0.1) is 0 Å². The van der Waals surface area contributed by atoms with Gasteiger partial charge in [0.05, 0.1) is 10.6 Å². The van der Waals surface area contributed by atoms with Crippen LogP contribution in [0.25, 0.3) is 0 Å². The smallest absolute Gasteiger partial charge is 0.341 e. The molecule has 7 heteroatoms. The molecule has 1 heterocycles. The maximum atomic E-state index is 12.7. The zero-order valence-electron chi connectivity index (χ0n) is 10.3. The largest absolute Gasteiger partial charge is 0.370 e. The van der Waals surface area contributed by atoms with E-state index in [-0.39, 0.29) is 10.9 Å². The van der Waals surface area contributed by atoms with Crippen LogP contribution in [0.5, 0.6) is 0 Å². The third-order valence-electron chi connectivity index (χ3n) is 3.29. The molecular formula is C12H16F2N2O2S. The van der Waals surface area contributed by atoms with Gasteiger partial charge < -0.3 is 10.6 Å². The average Bonchev–Trinajstić information content (AvgIpc) is 2.39. The molecule has 2 rings (SSSR count). The van der Waals surface area contributed by atoms with Gasteiger partial charge in [-0.25, -0.2) is 8.42 Å². The highest BCUT2D eigenvalue weighted by molar-refractivity contribution is 7.91. The van der Waals surface area contributed by atoms with Gasteiger partial charge in [0.2, 0.25) is 9.84 Å². The van der Waals surface area contributed by atoms with Crippen molar-refractivity contribution in [1.29, 1.82) is 0 Å². The number of anilines is 1. The van der Waals surface area contributed by atoms with Gasteiger partial charge in [0.25, 0.3) is 0 Å². The standard InChI is InChI=1S/C12H16F2N2O2S/c13-12(14)19(17,18)11-4-2-1-3-10(11)16-7-5-9(15)6-8-16/h1-4,9,12H,5-8,15H2. The predicted octanol–water partition coefficient (Wildman–Crippen LogP) is 1.61. The molecule has 19 heavy (non-hydrogen) atoms. The molecule has 1 aliphatic rings. The summed E-state index contributed by atoms with van der Waals surface area (Å²) in [6.45, 7) is 1.16. The van der Waals surface area contributed by atoms with Crippen molar-refractivity contribution in [3.63, 3.8) is 0 Å². The van der Waals surface area contributed by atoms with E-state index in [1.165, 1.54) is 12.1 Å². The van der Waals surface area contributed by atoms with E-state index < -0.39 is 15.6 Å². The summed E-state index contributed by atoms with van der Waals surface area (Å²) >= 11 is 0. The second-order valence-corrected chi connectivity index (χ2v) is 6.48. The Morgan fingerprint density at radius 3 is 2.37 bits per heavy atom. The summed E-state index contributed by atoms with van der Waals surface area (Å²) in [4.78, 5) is 1.50. The minimum absolute atomic E-state index is 0.0927. The summed E-state index contributed by atoms with van der Waals surface area (Å²) in [6, 6.07) is 5.98. The molecule has 1 aromatic carbocycles. The number of hydrogen-bond acceptors (Lipinski definition) is 4. The van der Waals surface area contributed by atoms with Crippen LogP contribution in [-0.4, -0.2) is 33.3 Å².